The zero-order chi connectivity index (χ0) is 23.8. The summed E-state index contributed by atoms with van der Waals surface area (Å²) in [5, 5.41) is 22.3. The van der Waals surface area contributed by atoms with E-state index in [0.29, 0.717) is 47.1 Å². The van der Waals surface area contributed by atoms with Gasteiger partial charge in [0.2, 0.25) is 0 Å². The van der Waals surface area contributed by atoms with E-state index < -0.39 is 13.0 Å². The number of anilines is 1. The molecule has 3 aromatic heterocycles. The molecule has 0 saturated heterocycles. The van der Waals surface area contributed by atoms with Gasteiger partial charge in [-0.1, -0.05) is 24.3 Å². The summed E-state index contributed by atoms with van der Waals surface area (Å²) in [4.78, 5) is 28.2. The van der Waals surface area contributed by atoms with Crippen molar-refractivity contribution in [3.8, 4) is 11.6 Å². The molecule has 11 heteroatoms. The number of nitrogens with two attached hydrogens (primary N) is 1. The molecular formula is C23H24BN7O3. The Morgan fingerprint density at radius 1 is 1.24 bits per heavy atom. The summed E-state index contributed by atoms with van der Waals surface area (Å²) in [7, 11) is 0.529. The van der Waals surface area contributed by atoms with Crippen molar-refractivity contribution in [3.05, 3.63) is 71.2 Å². The quantitative estimate of drug-likeness (QED) is 0.300. The molecule has 172 valence electrons. The van der Waals surface area contributed by atoms with E-state index in [-0.39, 0.29) is 0 Å². The van der Waals surface area contributed by atoms with Crippen LogP contribution >= 0.6 is 0 Å². The van der Waals surface area contributed by atoms with E-state index >= 15 is 0 Å². The zero-order valence-corrected chi connectivity index (χ0v) is 18.6. The van der Waals surface area contributed by atoms with E-state index in [2.05, 4.69) is 15.2 Å². The summed E-state index contributed by atoms with van der Waals surface area (Å²) in [6, 6.07) is 10.5. The lowest BCUT2D eigenvalue weighted by Gasteiger charge is -2.26. The predicted molar refractivity (Wildman–Crippen MR) is 128 cm³/mol. The molecule has 1 amide bonds. The van der Waals surface area contributed by atoms with Crippen LogP contribution in [0.4, 0.5) is 5.82 Å². The van der Waals surface area contributed by atoms with Crippen LogP contribution in [0.1, 0.15) is 27.2 Å². The lowest BCUT2D eigenvalue weighted by molar-refractivity contribution is 0.100. The second-order valence-electron chi connectivity index (χ2n) is 8.40. The third-order valence-electron chi connectivity index (χ3n) is 6.00. The van der Waals surface area contributed by atoms with Gasteiger partial charge >= 0.3 is 7.12 Å². The highest BCUT2D eigenvalue weighted by Gasteiger charge is 2.23. The van der Waals surface area contributed by atoms with Crippen molar-refractivity contribution in [2.45, 2.75) is 19.5 Å². The van der Waals surface area contributed by atoms with Crippen LogP contribution in [-0.4, -0.2) is 60.9 Å². The number of carbonyl (C=O) groups is 1. The van der Waals surface area contributed by atoms with Gasteiger partial charge in [0.15, 0.2) is 11.6 Å². The summed E-state index contributed by atoms with van der Waals surface area (Å²) >= 11 is 0. The van der Waals surface area contributed by atoms with Crippen molar-refractivity contribution >= 4 is 29.8 Å². The average Bonchev–Trinajstić information content (AvgIpc) is 3.26. The van der Waals surface area contributed by atoms with E-state index in [0.717, 1.165) is 29.8 Å². The van der Waals surface area contributed by atoms with Gasteiger partial charge < -0.3 is 26.0 Å². The molecule has 0 bridgehead atoms. The Kier molecular flexibility index (Phi) is 5.74. The fraction of sp³-hybridized carbons (Fsp3) is 0.217. The van der Waals surface area contributed by atoms with Crippen LogP contribution in [0.25, 0.3) is 17.2 Å². The minimum atomic E-state index is -1.52. The van der Waals surface area contributed by atoms with Crippen LogP contribution in [0, 0.1) is 0 Å². The summed E-state index contributed by atoms with van der Waals surface area (Å²) in [6.45, 7) is 2.03. The minimum absolute atomic E-state index is 0.378. The smallest absolute Gasteiger partial charge is 0.423 e. The molecule has 0 fully saturated rings. The highest BCUT2D eigenvalue weighted by atomic mass is 16.4. The lowest BCUT2D eigenvalue weighted by atomic mass is 9.79. The molecule has 5 rings (SSSR count). The molecule has 4 heterocycles. The number of fused-ring (bicyclic) bond motifs is 2. The number of imidazole rings is 1. The van der Waals surface area contributed by atoms with E-state index in [1.165, 1.54) is 0 Å². The van der Waals surface area contributed by atoms with Crippen LogP contribution in [-0.2, 0) is 19.5 Å². The standard InChI is InChI=1S/C23H24BN7O3/c1-30-9-7-16-18(13-30)28-22(23-27-12-19-17(20(25)32)6-3-8-31(19)23)29-21(16)26-11-14-4-2-5-15(10-14)24(33)34/h2-6,8,10,12,33-34H,7,9,11,13H2,1H3,(H2,25,32)(H,26,28,29). The van der Waals surface area contributed by atoms with Crippen LogP contribution in [0.15, 0.2) is 48.8 Å². The van der Waals surface area contributed by atoms with Crippen LogP contribution in [0.3, 0.4) is 0 Å². The second kappa shape index (κ2) is 8.86. The highest BCUT2D eigenvalue weighted by molar-refractivity contribution is 6.58. The molecule has 0 aliphatic carbocycles. The summed E-state index contributed by atoms with van der Waals surface area (Å²) in [6.07, 6.45) is 4.21. The molecule has 10 nitrogen and oxygen atoms in total. The first kappa shape index (κ1) is 22.0. The molecule has 1 aliphatic heterocycles. The molecule has 4 aromatic rings. The first-order valence-corrected chi connectivity index (χ1v) is 10.9. The number of pyridine rings is 1. The number of nitrogens with one attached hydrogen (secondary N) is 1. The number of primary amides is 1. The van der Waals surface area contributed by atoms with Crippen molar-refractivity contribution in [3.63, 3.8) is 0 Å². The maximum atomic E-state index is 11.8. The number of nitrogens with zero attached hydrogens (tertiary/aromatic N) is 5. The molecule has 0 unspecified atom stereocenters. The van der Waals surface area contributed by atoms with Gasteiger partial charge in [0, 0.05) is 31.4 Å². The predicted octanol–water partition coefficient (Wildman–Crippen LogP) is 0.170. The Bertz CT molecular complexity index is 1390. The number of rotatable bonds is 6. The number of benzene rings is 1. The summed E-state index contributed by atoms with van der Waals surface area (Å²) in [5.74, 6) is 1.15. The Labute approximate surface area is 196 Å². The third-order valence-corrected chi connectivity index (χ3v) is 6.00. The molecule has 34 heavy (non-hydrogen) atoms. The average molecular weight is 457 g/mol. The molecule has 0 radical (unpaired) electrons. The van der Waals surface area contributed by atoms with Crippen LogP contribution in [0.5, 0.6) is 0 Å². The van der Waals surface area contributed by atoms with Gasteiger partial charge in [-0.15, -0.1) is 0 Å². The van der Waals surface area contributed by atoms with E-state index in [1.54, 1.807) is 47.1 Å². The second-order valence-corrected chi connectivity index (χ2v) is 8.40. The van der Waals surface area contributed by atoms with Gasteiger partial charge in [-0.25, -0.2) is 15.0 Å². The summed E-state index contributed by atoms with van der Waals surface area (Å²) < 4.78 is 1.77. The molecule has 0 spiro atoms. The Morgan fingerprint density at radius 3 is 2.88 bits per heavy atom. The zero-order valence-electron chi connectivity index (χ0n) is 18.6. The highest BCUT2D eigenvalue weighted by Crippen LogP contribution is 2.27. The number of amides is 1. The summed E-state index contributed by atoms with van der Waals surface area (Å²) in [5.41, 5.74) is 9.80. The number of aromatic nitrogens is 4. The fourth-order valence-electron chi connectivity index (χ4n) is 4.25. The molecule has 0 saturated carbocycles. The topological polar surface area (TPSA) is 142 Å². The molecular weight excluding hydrogens is 433 g/mol. The third kappa shape index (κ3) is 4.12. The maximum absolute atomic E-state index is 11.8. The Balaban J connectivity index is 1.55. The van der Waals surface area contributed by atoms with Gasteiger partial charge in [0.1, 0.15) is 5.82 Å². The van der Waals surface area contributed by atoms with Crippen molar-refractivity contribution in [1.29, 1.82) is 0 Å². The van der Waals surface area contributed by atoms with Crippen molar-refractivity contribution in [1.82, 2.24) is 24.3 Å². The van der Waals surface area contributed by atoms with Crippen LogP contribution in [0.2, 0.25) is 0 Å². The molecule has 1 aliphatic rings. The van der Waals surface area contributed by atoms with Gasteiger partial charge in [0.25, 0.3) is 5.91 Å². The van der Waals surface area contributed by atoms with Crippen molar-refractivity contribution in [2.75, 3.05) is 18.9 Å². The number of likely N-dealkylation sites (N-methyl/N-ethyl adjacent to an activating group) is 1. The van der Waals surface area contributed by atoms with Crippen LogP contribution < -0.4 is 16.5 Å². The normalized spacial score (nSPS) is 13.6. The SMILES string of the molecule is CN1CCc2c(nc(-c3ncc4c(C(N)=O)cccn34)nc2NCc2cccc(B(O)O)c2)C1. The first-order chi connectivity index (χ1) is 16.4. The van der Waals surface area contributed by atoms with Crippen molar-refractivity contribution < 1.29 is 14.8 Å². The number of hydrogen-bond acceptors (Lipinski definition) is 8. The van der Waals surface area contributed by atoms with Gasteiger partial charge in [-0.05, 0) is 36.6 Å². The lowest BCUT2D eigenvalue weighted by Crippen LogP contribution is -2.30. The minimum Gasteiger partial charge on any atom is -0.423 e. The van der Waals surface area contributed by atoms with E-state index in [4.69, 9.17) is 15.7 Å². The fourth-order valence-corrected chi connectivity index (χ4v) is 4.25. The first-order valence-electron chi connectivity index (χ1n) is 10.9. The van der Waals surface area contributed by atoms with E-state index in [1.807, 2.05) is 13.1 Å². The Morgan fingerprint density at radius 2 is 2.09 bits per heavy atom. The largest absolute Gasteiger partial charge is 0.488 e. The molecule has 0 atom stereocenters. The van der Waals surface area contributed by atoms with Gasteiger partial charge in [-0.3, -0.25) is 9.20 Å². The molecule has 1 aromatic carbocycles. The maximum Gasteiger partial charge on any atom is 0.488 e. The number of carbonyl (C=O) groups excluding carboxylic acids is 1. The van der Waals surface area contributed by atoms with Gasteiger partial charge in [0.05, 0.1) is 23.0 Å². The van der Waals surface area contributed by atoms with Crippen molar-refractivity contribution in [2.24, 2.45) is 5.73 Å². The Hall–Kier alpha value is -3.80. The van der Waals surface area contributed by atoms with E-state index in [9.17, 15) is 14.8 Å². The monoisotopic (exact) mass is 457 g/mol. The number of hydrogen-bond donors (Lipinski definition) is 4. The van der Waals surface area contributed by atoms with Gasteiger partial charge in [-0.2, -0.15) is 0 Å². The molecule has 5 N–H and O–H groups in total.